The Balaban J connectivity index is 0.000000266. The second-order valence-electron chi connectivity index (χ2n) is 25.9. The maximum Gasteiger partial charge on any atom is 0.129 e. The molecule has 478 valence electrons. The first-order chi connectivity index (χ1) is 41.5. The van der Waals surface area contributed by atoms with Crippen LogP contribution in [0.1, 0.15) is 226 Å². The van der Waals surface area contributed by atoms with Crippen molar-refractivity contribution < 1.29 is 4.74 Å². The first-order valence-electron chi connectivity index (χ1n) is 32.1. The molecule has 0 aliphatic heterocycles. The van der Waals surface area contributed by atoms with Crippen molar-refractivity contribution >= 4 is 79.1 Å². The Morgan fingerprint density at radius 2 is 0.977 bits per heavy atom. The summed E-state index contributed by atoms with van der Waals surface area (Å²) in [6, 6.07) is 46.2. The van der Waals surface area contributed by atoms with Gasteiger partial charge in [0.2, 0.25) is 0 Å². The van der Waals surface area contributed by atoms with Crippen LogP contribution in [0.15, 0.2) is 152 Å². The minimum atomic E-state index is 0.268. The van der Waals surface area contributed by atoms with E-state index in [9.17, 15) is 0 Å². The van der Waals surface area contributed by atoms with Gasteiger partial charge in [-0.25, -0.2) is 9.97 Å². The molecule has 4 aromatic heterocycles. The standard InChI is InChI=1S/3C12H12ClN.C10H13ClO.C9H18.C9H12.C8H14N2.C6H14/c1-8(2)11-5-3-9-7-10(13)4-6-12(9)14-11;1-8(2)9-3-5-11-10(7-9)4-6-12(13)14-11;1-8(2)10-5-9-6-11(13)3-4-12(9)14-7-10;1-8(2)12-7-9-4-3-5-10(11)6-9;2*1-8(2)9-6-4-3-5-7-9;1-6(2)8-5-10(4)7(3)9-8;1-5(2)6(3)4/h3*3-8H,1-2H3;3-6,8H,7H2,1-2H3;8-9H,3-7H2,1-2H3;3-8H,1-2H3;5-6H,1-4H3;5-6H,1-4H3. The average molecular weight is 1270 g/mol. The highest BCUT2D eigenvalue weighted by Gasteiger charge is 2.16. The van der Waals surface area contributed by atoms with Crippen LogP contribution in [0.4, 0.5) is 0 Å². The van der Waals surface area contributed by atoms with E-state index in [4.69, 9.17) is 51.1 Å². The maximum absolute atomic E-state index is 5.92. The van der Waals surface area contributed by atoms with Gasteiger partial charge in [0.25, 0.3) is 0 Å². The van der Waals surface area contributed by atoms with Crippen molar-refractivity contribution in [2.75, 3.05) is 0 Å². The molecule has 0 unspecified atom stereocenters. The van der Waals surface area contributed by atoms with Gasteiger partial charge in [-0.1, -0.05) is 244 Å². The third kappa shape index (κ3) is 29.5. The molecule has 4 heterocycles. The van der Waals surface area contributed by atoms with Gasteiger partial charge in [-0.2, -0.15) is 0 Å². The molecular weight excluding hydrogens is 1160 g/mol. The van der Waals surface area contributed by atoms with Crippen LogP contribution in [-0.2, 0) is 18.4 Å². The second-order valence-corrected chi connectivity index (χ2v) is 27.6. The zero-order valence-corrected chi connectivity index (χ0v) is 60.1. The number of ether oxygens (including phenoxy) is 1. The third-order valence-corrected chi connectivity index (χ3v) is 16.4. The first-order valence-corrected chi connectivity index (χ1v) is 33.6. The van der Waals surface area contributed by atoms with Gasteiger partial charge in [0.1, 0.15) is 11.0 Å². The summed E-state index contributed by atoms with van der Waals surface area (Å²) in [5.74, 6) is 7.50. The van der Waals surface area contributed by atoms with Crippen LogP contribution in [0.5, 0.6) is 0 Å². The van der Waals surface area contributed by atoms with Gasteiger partial charge in [0.05, 0.1) is 35.0 Å². The van der Waals surface area contributed by atoms with E-state index in [0.717, 1.165) is 88.5 Å². The van der Waals surface area contributed by atoms with Crippen LogP contribution < -0.4 is 0 Å². The number of aryl methyl sites for hydroxylation is 2. The summed E-state index contributed by atoms with van der Waals surface area (Å²) in [5.41, 5.74) is 10.4. The molecule has 0 saturated heterocycles. The fourth-order valence-corrected chi connectivity index (χ4v) is 9.47. The second kappa shape index (κ2) is 40.4. The number of hydrogen-bond acceptors (Lipinski definition) is 5. The molecule has 0 spiro atoms. The average Bonchev–Trinajstić information content (AvgIpc) is 3.97. The number of halogens is 4. The van der Waals surface area contributed by atoms with Gasteiger partial charge in [0.15, 0.2) is 0 Å². The van der Waals surface area contributed by atoms with E-state index in [-0.39, 0.29) is 6.10 Å². The topological polar surface area (TPSA) is 65.7 Å². The summed E-state index contributed by atoms with van der Waals surface area (Å²) >= 11 is 23.4. The lowest BCUT2D eigenvalue weighted by atomic mass is 9.82. The minimum absolute atomic E-state index is 0.268. The number of imidazole rings is 1. The largest absolute Gasteiger partial charge is 0.374 e. The predicted molar refractivity (Wildman–Crippen MR) is 388 cm³/mol. The number of benzene rings is 5. The number of rotatable bonds is 10. The van der Waals surface area contributed by atoms with E-state index in [1.165, 1.54) is 54.5 Å². The fourth-order valence-electron chi connectivity index (χ4n) is 8.74. The van der Waals surface area contributed by atoms with Crippen molar-refractivity contribution in [1.29, 1.82) is 0 Å². The summed E-state index contributed by atoms with van der Waals surface area (Å²) in [7, 11) is 2.02. The van der Waals surface area contributed by atoms with Crippen LogP contribution in [0.3, 0.4) is 0 Å². The van der Waals surface area contributed by atoms with E-state index in [2.05, 4.69) is 196 Å². The quantitative estimate of drug-likeness (QED) is 0.128. The molecule has 5 aromatic carbocycles. The number of fused-ring (bicyclic) bond motifs is 3. The van der Waals surface area contributed by atoms with Crippen molar-refractivity contribution in [3.05, 3.63) is 212 Å². The van der Waals surface area contributed by atoms with Crippen LogP contribution in [0.2, 0.25) is 20.2 Å². The van der Waals surface area contributed by atoms with Crippen molar-refractivity contribution in [1.82, 2.24) is 24.5 Å². The van der Waals surface area contributed by atoms with Crippen LogP contribution >= 0.6 is 46.4 Å². The third-order valence-electron chi connectivity index (χ3n) is 15.5. The minimum Gasteiger partial charge on any atom is -0.374 e. The molecule has 1 fully saturated rings. The van der Waals surface area contributed by atoms with E-state index in [1.807, 2.05) is 119 Å². The molecule has 1 aliphatic carbocycles. The lowest BCUT2D eigenvalue weighted by molar-refractivity contribution is 0.0657. The molecule has 6 nitrogen and oxygen atoms in total. The number of pyridine rings is 3. The highest BCUT2D eigenvalue weighted by Crippen LogP contribution is 2.30. The number of aromatic nitrogens is 5. The molecule has 0 bridgehead atoms. The molecule has 1 aliphatic rings. The summed E-state index contributed by atoms with van der Waals surface area (Å²) in [6.07, 6.45) is 11.7. The molecule has 0 amide bonds. The maximum atomic E-state index is 5.92. The molecule has 10 heteroatoms. The molecule has 0 radical (unpaired) electrons. The van der Waals surface area contributed by atoms with Gasteiger partial charge < -0.3 is 9.30 Å². The monoisotopic (exact) mass is 1270 g/mol. The summed E-state index contributed by atoms with van der Waals surface area (Å²) in [5, 5.41) is 6.21. The Labute approximate surface area is 553 Å². The molecule has 10 rings (SSSR count). The molecule has 0 N–H and O–H groups in total. The highest BCUT2D eigenvalue weighted by atomic mass is 35.5. The molecule has 0 atom stereocenters. The van der Waals surface area contributed by atoms with Crippen molar-refractivity contribution in [2.24, 2.45) is 30.7 Å². The summed E-state index contributed by atoms with van der Waals surface area (Å²) < 4.78 is 7.48. The Bertz CT molecular complexity index is 3260. The van der Waals surface area contributed by atoms with Gasteiger partial charge >= 0.3 is 0 Å². The number of nitrogens with zero attached hydrogens (tertiary/aromatic N) is 5. The van der Waals surface area contributed by atoms with E-state index >= 15 is 0 Å². The lowest BCUT2D eigenvalue weighted by Crippen LogP contribution is -2.12. The van der Waals surface area contributed by atoms with Crippen molar-refractivity contribution in [3.63, 3.8) is 0 Å². The lowest BCUT2D eigenvalue weighted by Gasteiger charge is -2.24. The van der Waals surface area contributed by atoms with Crippen molar-refractivity contribution in [2.45, 2.75) is 206 Å². The van der Waals surface area contributed by atoms with Crippen LogP contribution in [0, 0.1) is 30.6 Å². The Kier molecular flexibility index (Phi) is 35.3. The predicted octanol–water partition coefficient (Wildman–Crippen LogP) is 25.5. The van der Waals surface area contributed by atoms with Crippen LogP contribution in [0.25, 0.3) is 32.7 Å². The summed E-state index contributed by atoms with van der Waals surface area (Å²) in [4.78, 5) is 17.6. The van der Waals surface area contributed by atoms with E-state index < -0.39 is 0 Å². The zero-order valence-electron chi connectivity index (χ0n) is 57.1. The Morgan fingerprint density at radius 3 is 1.47 bits per heavy atom. The van der Waals surface area contributed by atoms with Gasteiger partial charge in [-0.15, -0.1) is 0 Å². The highest BCUT2D eigenvalue weighted by molar-refractivity contribution is 6.32. The SMILES string of the molecule is CC(C)C(C)C.CC(C)C1CCCCC1.CC(C)OCc1cccc(Cl)c1.CC(C)c1ccc2cc(Cl)ccc2n1.CC(C)c1ccc2nc(Cl)ccc2c1.CC(C)c1ccccc1.CC(C)c1cnc2ccc(Cl)cc2c1.Cc1nc(C(C)C)cn1C. The Morgan fingerprint density at radius 1 is 0.455 bits per heavy atom. The normalized spacial score (nSPS) is 12.1. The van der Waals surface area contributed by atoms with Crippen molar-refractivity contribution in [3.8, 4) is 0 Å². The molecule has 88 heavy (non-hydrogen) atoms. The molecule has 9 aromatic rings. The molecular formula is C78H107Cl4N5O. The van der Waals surface area contributed by atoms with Gasteiger partial charge in [-0.05, 0) is 181 Å². The number of hydrogen-bond donors (Lipinski definition) is 0. The van der Waals surface area contributed by atoms with E-state index in [0.29, 0.717) is 41.3 Å². The zero-order chi connectivity index (χ0) is 65.6. The first kappa shape index (κ1) is 76.9. The van der Waals surface area contributed by atoms with Gasteiger partial charge in [0, 0.05) is 56.4 Å². The smallest absolute Gasteiger partial charge is 0.129 e. The van der Waals surface area contributed by atoms with Crippen LogP contribution in [-0.4, -0.2) is 30.6 Å². The van der Waals surface area contributed by atoms with Gasteiger partial charge in [-0.3, -0.25) is 9.97 Å². The Hall–Kier alpha value is -5.34. The summed E-state index contributed by atoms with van der Waals surface area (Å²) in [6.45, 7) is 42.1. The molecule has 1 saturated carbocycles. The van der Waals surface area contributed by atoms with E-state index in [1.54, 1.807) is 0 Å². The fraction of sp³-hybridized carbons (Fsp3) is 0.462.